The second kappa shape index (κ2) is 19.8. The molecule has 0 spiro atoms. The van der Waals surface area contributed by atoms with E-state index in [0.29, 0.717) is 19.8 Å². The van der Waals surface area contributed by atoms with Crippen molar-refractivity contribution < 1.29 is 32.5 Å². The third-order valence-electron chi connectivity index (χ3n) is 4.87. The SMILES string of the molecule is CCCCCCCCCCCCOCCOCCOP(=O)([O-])OCC[n+]1ccccc1. The number of nitrogens with zero attached hydrogens (tertiary/aromatic N) is 1. The lowest BCUT2D eigenvalue weighted by Crippen LogP contribution is -2.34. The quantitative estimate of drug-likeness (QED) is 0.145. The lowest BCUT2D eigenvalue weighted by molar-refractivity contribution is -0.697. The van der Waals surface area contributed by atoms with Gasteiger partial charge in [-0.2, -0.15) is 0 Å². The van der Waals surface area contributed by atoms with E-state index in [1.807, 2.05) is 35.2 Å². The van der Waals surface area contributed by atoms with Gasteiger partial charge in [0.05, 0.1) is 26.4 Å². The Kier molecular flexibility index (Phi) is 18.1. The summed E-state index contributed by atoms with van der Waals surface area (Å²) >= 11 is 0. The zero-order valence-electron chi connectivity index (χ0n) is 19.3. The van der Waals surface area contributed by atoms with Crippen molar-refractivity contribution in [3.05, 3.63) is 30.6 Å². The minimum Gasteiger partial charge on any atom is -0.756 e. The molecule has 1 heterocycles. The molecule has 1 aromatic heterocycles. The van der Waals surface area contributed by atoms with E-state index in [1.165, 1.54) is 57.8 Å². The smallest absolute Gasteiger partial charge is 0.268 e. The van der Waals surface area contributed by atoms with Gasteiger partial charge in [-0.3, -0.25) is 4.57 Å². The number of rotatable bonds is 22. The second-order valence-electron chi connectivity index (χ2n) is 7.63. The Morgan fingerprint density at radius 3 is 1.84 bits per heavy atom. The van der Waals surface area contributed by atoms with E-state index in [2.05, 4.69) is 6.92 Å². The second-order valence-corrected chi connectivity index (χ2v) is 9.04. The fourth-order valence-electron chi connectivity index (χ4n) is 3.10. The molecule has 0 radical (unpaired) electrons. The number of unbranched alkanes of at least 4 members (excludes halogenated alkanes) is 9. The monoisotopic (exact) mass is 459 g/mol. The van der Waals surface area contributed by atoms with Gasteiger partial charge in [0, 0.05) is 18.7 Å². The third-order valence-corrected chi connectivity index (χ3v) is 5.87. The summed E-state index contributed by atoms with van der Waals surface area (Å²) in [6.45, 7) is 4.53. The molecule has 0 saturated carbocycles. The number of phosphoric acid groups is 1. The van der Waals surface area contributed by atoms with Gasteiger partial charge in [0.25, 0.3) is 7.82 Å². The van der Waals surface area contributed by atoms with Gasteiger partial charge in [0.1, 0.15) is 6.61 Å². The molecule has 1 atom stereocenters. The topological polar surface area (TPSA) is 80.9 Å². The highest BCUT2D eigenvalue weighted by atomic mass is 31.2. The van der Waals surface area contributed by atoms with Gasteiger partial charge in [-0.05, 0) is 6.42 Å². The van der Waals surface area contributed by atoms with E-state index in [4.69, 9.17) is 18.5 Å². The first-order chi connectivity index (χ1) is 15.1. The number of ether oxygens (including phenoxy) is 2. The van der Waals surface area contributed by atoms with Crippen LogP contribution in [0, 0.1) is 0 Å². The number of hydrogen-bond acceptors (Lipinski definition) is 6. The fourth-order valence-corrected chi connectivity index (χ4v) is 3.78. The molecule has 0 aliphatic heterocycles. The minimum absolute atomic E-state index is 0.0309. The fraction of sp³-hybridized carbons (Fsp3) is 0.783. The molecule has 0 amide bonds. The molecule has 1 aromatic rings. The Labute approximate surface area is 188 Å². The van der Waals surface area contributed by atoms with Crippen LogP contribution < -0.4 is 9.46 Å². The summed E-state index contributed by atoms with van der Waals surface area (Å²) in [4.78, 5) is 11.7. The molecule has 0 aliphatic carbocycles. The van der Waals surface area contributed by atoms with Crippen molar-refractivity contribution in [3.8, 4) is 0 Å². The first-order valence-electron chi connectivity index (χ1n) is 11.8. The highest BCUT2D eigenvalue weighted by molar-refractivity contribution is 7.45. The molecule has 8 heteroatoms. The van der Waals surface area contributed by atoms with Crippen LogP contribution in [0.25, 0.3) is 0 Å². The average Bonchev–Trinajstić information content (AvgIpc) is 2.76. The van der Waals surface area contributed by atoms with Gasteiger partial charge in [-0.15, -0.1) is 0 Å². The van der Waals surface area contributed by atoms with Gasteiger partial charge < -0.3 is 23.4 Å². The Morgan fingerprint density at radius 2 is 1.19 bits per heavy atom. The van der Waals surface area contributed by atoms with Crippen LogP contribution in [0.2, 0.25) is 0 Å². The number of hydrogen-bond donors (Lipinski definition) is 0. The molecule has 0 saturated heterocycles. The lowest BCUT2D eigenvalue weighted by atomic mass is 10.1. The van der Waals surface area contributed by atoms with Gasteiger partial charge in [0.15, 0.2) is 18.9 Å². The van der Waals surface area contributed by atoms with E-state index in [9.17, 15) is 9.46 Å². The Morgan fingerprint density at radius 1 is 0.677 bits per heavy atom. The Balaban J connectivity index is 1.81. The molecule has 0 N–H and O–H groups in total. The Hall–Kier alpha value is -0.820. The van der Waals surface area contributed by atoms with Gasteiger partial charge in [-0.25, -0.2) is 4.57 Å². The van der Waals surface area contributed by atoms with Gasteiger partial charge >= 0.3 is 0 Å². The van der Waals surface area contributed by atoms with E-state index >= 15 is 0 Å². The van der Waals surface area contributed by atoms with E-state index in [-0.39, 0.29) is 19.8 Å². The molecule has 7 nitrogen and oxygen atoms in total. The van der Waals surface area contributed by atoms with Gasteiger partial charge in [0.2, 0.25) is 0 Å². The van der Waals surface area contributed by atoms with Crippen LogP contribution in [0.4, 0.5) is 0 Å². The van der Waals surface area contributed by atoms with Crippen LogP contribution in [-0.4, -0.2) is 39.6 Å². The maximum absolute atomic E-state index is 11.7. The third kappa shape index (κ3) is 18.5. The maximum atomic E-state index is 11.7. The molecular weight excluding hydrogens is 417 g/mol. The molecule has 0 bridgehead atoms. The molecule has 1 rings (SSSR count). The summed E-state index contributed by atoms with van der Waals surface area (Å²) < 4.78 is 34.0. The van der Waals surface area contributed by atoms with Crippen LogP contribution >= 0.6 is 7.82 Å². The van der Waals surface area contributed by atoms with Crippen molar-refractivity contribution in [1.29, 1.82) is 0 Å². The van der Waals surface area contributed by atoms with Crippen LogP contribution in [-0.2, 0) is 29.6 Å². The molecule has 0 fully saturated rings. The van der Waals surface area contributed by atoms with Crippen LogP contribution in [0.1, 0.15) is 71.1 Å². The van der Waals surface area contributed by atoms with Crippen molar-refractivity contribution in [2.24, 2.45) is 0 Å². The van der Waals surface area contributed by atoms with Crippen molar-refractivity contribution in [2.75, 3.05) is 39.6 Å². The lowest BCUT2D eigenvalue weighted by Gasteiger charge is -2.21. The predicted octanol–water partition coefficient (Wildman–Crippen LogP) is 4.43. The van der Waals surface area contributed by atoms with Crippen molar-refractivity contribution >= 4 is 7.82 Å². The molecule has 180 valence electrons. The summed E-state index contributed by atoms with van der Waals surface area (Å²) in [6.07, 6.45) is 16.8. The normalized spacial score (nSPS) is 13.4. The van der Waals surface area contributed by atoms with Crippen LogP contribution in [0.15, 0.2) is 30.6 Å². The number of phosphoric ester groups is 1. The molecule has 0 aliphatic rings. The standard InChI is InChI=1S/C23H42NO6P/c1-2-3-4-5-6-7-8-9-10-14-18-27-20-21-28-22-23-30-31(25,26)29-19-17-24-15-12-11-13-16-24/h11-13,15-16H,2-10,14,17-23H2,1H3. The summed E-state index contributed by atoms with van der Waals surface area (Å²) in [5.74, 6) is 0. The van der Waals surface area contributed by atoms with Crippen molar-refractivity contribution in [3.63, 3.8) is 0 Å². The highest BCUT2D eigenvalue weighted by Crippen LogP contribution is 2.37. The van der Waals surface area contributed by atoms with E-state index < -0.39 is 7.82 Å². The number of aromatic nitrogens is 1. The van der Waals surface area contributed by atoms with Crippen molar-refractivity contribution in [2.45, 2.75) is 77.7 Å². The molecule has 1 unspecified atom stereocenters. The molecule has 0 aromatic carbocycles. The maximum Gasteiger partial charge on any atom is 0.268 e. The first-order valence-corrected chi connectivity index (χ1v) is 13.3. The Bertz CT molecular complexity index is 560. The predicted molar refractivity (Wildman–Crippen MR) is 120 cm³/mol. The molecular formula is C23H42NO6P. The average molecular weight is 460 g/mol. The zero-order chi connectivity index (χ0) is 22.5. The van der Waals surface area contributed by atoms with Crippen molar-refractivity contribution in [1.82, 2.24) is 0 Å². The summed E-state index contributed by atoms with van der Waals surface area (Å²) in [5, 5.41) is 0. The summed E-state index contributed by atoms with van der Waals surface area (Å²) in [7, 11) is -4.29. The summed E-state index contributed by atoms with van der Waals surface area (Å²) in [6, 6.07) is 5.62. The zero-order valence-corrected chi connectivity index (χ0v) is 20.1. The van der Waals surface area contributed by atoms with E-state index in [1.54, 1.807) is 0 Å². The molecule has 31 heavy (non-hydrogen) atoms. The summed E-state index contributed by atoms with van der Waals surface area (Å²) in [5.41, 5.74) is 0. The highest BCUT2D eigenvalue weighted by Gasteiger charge is 2.10. The number of pyridine rings is 1. The van der Waals surface area contributed by atoms with Gasteiger partial charge in [-0.1, -0.05) is 70.8 Å². The first kappa shape index (κ1) is 28.2. The largest absolute Gasteiger partial charge is 0.756 e. The minimum atomic E-state index is -4.29. The van der Waals surface area contributed by atoms with Crippen LogP contribution in [0.3, 0.4) is 0 Å². The van der Waals surface area contributed by atoms with E-state index in [0.717, 1.165) is 13.0 Å². The van der Waals surface area contributed by atoms with Crippen LogP contribution in [0.5, 0.6) is 0 Å².